The molecule has 0 spiro atoms. The van der Waals surface area contributed by atoms with Crippen molar-refractivity contribution < 1.29 is 0 Å². The summed E-state index contributed by atoms with van der Waals surface area (Å²) in [5.41, 5.74) is 0.230. The summed E-state index contributed by atoms with van der Waals surface area (Å²) in [7, 11) is 6.19. The van der Waals surface area contributed by atoms with E-state index in [4.69, 9.17) is 0 Å². The second-order valence-corrected chi connectivity index (χ2v) is 7.69. The molecule has 0 aromatic carbocycles. The summed E-state index contributed by atoms with van der Waals surface area (Å²) in [4.78, 5) is 11.0. The molecule has 0 saturated carbocycles. The Hall–Kier alpha value is -1.28. The summed E-state index contributed by atoms with van der Waals surface area (Å²) >= 11 is 2.04. The third-order valence-electron chi connectivity index (χ3n) is 4.99. The van der Waals surface area contributed by atoms with Gasteiger partial charge < -0.3 is 15.5 Å². The quantitative estimate of drug-likeness (QED) is 0.604. The van der Waals surface area contributed by atoms with Crippen molar-refractivity contribution in [3.8, 4) is 0 Å². The lowest BCUT2D eigenvalue weighted by atomic mass is 9.97. The molecule has 1 aromatic rings. The van der Waals surface area contributed by atoms with E-state index in [0.29, 0.717) is 6.04 Å². The van der Waals surface area contributed by atoms with Crippen LogP contribution in [0, 0.1) is 0 Å². The molecule has 0 radical (unpaired) electrons. The zero-order valence-electron chi connectivity index (χ0n) is 14.2. The van der Waals surface area contributed by atoms with Crippen LogP contribution < -0.4 is 10.6 Å². The fraction of sp³-hybridized carbons (Fsp3) is 0.800. The Morgan fingerprint density at radius 2 is 2.43 bits per heavy atom. The molecule has 2 aliphatic rings. The van der Waals surface area contributed by atoms with Crippen molar-refractivity contribution in [1.29, 1.82) is 0 Å². The number of aliphatic imine (C=N–C) groups is 1. The zero-order valence-corrected chi connectivity index (χ0v) is 15.1. The molecule has 0 amide bonds. The van der Waals surface area contributed by atoms with E-state index in [1.54, 1.807) is 6.33 Å². The molecular formula is C15H27N7S. The van der Waals surface area contributed by atoms with Gasteiger partial charge in [0.2, 0.25) is 0 Å². The molecule has 0 bridgehead atoms. The van der Waals surface area contributed by atoms with Gasteiger partial charge >= 0.3 is 0 Å². The second-order valence-electron chi connectivity index (χ2n) is 6.59. The van der Waals surface area contributed by atoms with Gasteiger partial charge in [-0.15, -0.1) is 0 Å². The molecule has 128 valence electrons. The number of fused-ring (bicyclic) bond motifs is 1. The largest absolute Gasteiger partial charge is 0.355 e. The number of rotatable bonds is 4. The molecule has 3 heterocycles. The fourth-order valence-corrected chi connectivity index (χ4v) is 4.79. The number of hydrogen-bond donors (Lipinski definition) is 2. The maximum absolute atomic E-state index is 4.40. The van der Waals surface area contributed by atoms with Gasteiger partial charge in [-0.3, -0.25) is 4.99 Å². The highest BCUT2D eigenvalue weighted by Gasteiger charge is 2.36. The van der Waals surface area contributed by atoms with E-state index in [1.165, 1.54) is 17.9 Å². The third kappa shape index (κ3) is 3.63. The first-order chi connectivity index (χ1) is 11.1. The normalized spacial score (nSPS) is 28.0. The molecule has 2 unspecified atom stereocenters. The summed E-state index contributed by atoms with van der Waals surface area (Å²) < 4.78 is 1.99. The number of hydrogen-bond acceptors (Lipinski definition) is 5. The molecule has 3 rings (SSSR count). The molecule has 2 aliphatic heterocycles. The summed E-state index contributed by atoms with van der Waals surface area (Å²) in [5, 5.41) is 11.4. The molecule has 1 aromatic heterocycles. The number of thioether (sulfide) groups is 1. The highest BCUT2D eigenvalue weighted by molar-refractivity contribution is 7.99. The van der Waals surface area contributed by atoms with Crippen molar-refractivity contribution in [2.24, 2.45) is 4.99 Å². The van der Waals surface area contributed by atoms with Crippen LogP contribution in [0.3, 0.4) is 0 Å². The minimum absolute atomic E-state index is 0.230. The van der Waals surface area contributed by atoms with E-state index >= 15 is 0 Å². The van der Waals surface area contributed by atoms with Gasteiger partial charge in [0.25, 0.3) is 0 Å². The van der Waals surface area contributed by atoms with Crippen molar-refractivity contribution in [3.63, 3.8) is 0 Å². The summed E-state index contributed by atoms with van der Waals surface area (Å²) in [6.45, 7) is 1.78. The van der Waals surface area contributed by atoms with Crippen LogP contribution in [0.2, 0.25) is 0 Å². The second kappa shape index (κ2) is 7.09. The van der Waals surface area contributed by atoms with Crippen molar-refractivity contribution in [1.82, 2.24) is 30.3 Å². The first-order valence-corrected chi connectivity index (χ1v) is 9.37. The lowest BCUT2D eigenvalue weighted by Crippen LogP contribution is -2.56. The van der Waals surface area contributed by atoms with Gasteiger partial charge in [0.1, 0.15) is 12.2 Å². The Balaban J connectivity index is 1.55. The molecule has 2 N–H and O–H groups in total. The maximum Gasteiger partial charge on any atom is 0.191 e. The Bertz CT molecular complexity index is 548. The molecule has 0 aliphatic carbocycles. The molecular weight excluding hydrogens is 310 g/mol. The van der Waals surface area contributed by atoms with Gasteiger partial charge in [0.05, 0.1) is 6.54 Å². The molecule has 2 atom stereocenters. The predicted molar refractivity (Wildman–Crippen MR) is 95.0 cm³/mol. The summed E-state index contributed by atoms with van der Waals surface area (Å²) in [6, 6.07) is 0.351. The van der Waals surface area contributed by atoms with Crippen molar-refractivity contribution in [2.75, 3.05) is 39.2 Å². The zero-order chi connectivity index (χ0) is 16.3. The summed E-state index contributed by atoms with van der Waals surface area (Å²) in [5.74, 6) is 4.39. The van der Waals surface area contributed by atoms with Crippen LogP contribution >= 0.6 is 11.8 Å². The maximum atomic E-state index is 4.40. The minimum atomic E-state index is 0.230. The van der Waals surface area contributed by atoms with E-state index < -0.39 is 0 Å². The molecule has 1 fully saturated rings. The third-order valence-corrected chi connectivity index (χ3v) is 6.22. The summed E-state index contributed by atoms with van der Waals surface area (Å²) in [6.07, 6.45) is 4.89. The average molecular weight is 337 g/mol. The topological polar surface area (TPSA) is 70.4 Å². The fourth-order valence-electron chi connectivity index (χ4n) is 3.24. The van der Waals surface area contributed by atoms with Crippen molar-refractivity contribution in [3.05, 3.63) is 12.2 Å². The lowest BCUT2D eigenvalue weighted by molar-refractivity contribution is 0.182. The van der Waals surface area contributed by atoms with Crippen LogP contribution in [0.25, 0.3) is 0 Å². The molecule has 8 heteroatoms. The SMILES string of the molecule is CN=C(NCC1(N(C)C)CCSC1)NC1CCc2ncnn2C1. The van der Waals surface area contributed by atoms with E-state index in [0.717, 1.165) is 37.7 Å². The number of nitrogens with one attached hydrogen (secondary N) is 2. The Morgan fingerprint density at radius 3 is 3.13 bits per heavy atom. The van der Waals surface area contributed by atoms with Gasteiger partial charge in [0, 0.05) is 37.3 Å². The Kier molecular flexibility index (Phi) is 5.11. The van der Waals surface area contributed by atoms with Gasteiger partial charge in [-0.05, 0) is 32.7 Å². The van der Waals surface area contributed by atoms with Crippen LogP contribution in [-0.4, -0.2) is 76.4 Å². The van der Waals surface area contributed by atoms with E-state index in [1.807, 2.05) is 23.5 Å². The number of aromatic nitrogens is 3. The first-order valence-electron chi connectivity index (χ1n) is 8.22. The van der Waals surface area contributed by atoms with Crippen LogP contribution in [0.4, 0.5) is 0 Å². The van der Waals surface area contributed by atoms with Gasteiger partial charge in [0.15, 0.2) is 5.96 Å². The lowest BCUT2D eigenvalue weighted by Gasteiger charge is -2.36. The number of aryl methyl sites for hydroxylation is 1. The van der Waals surface area contributed by atoms with Crippen LogP contribution in [-0.2, 0) is 13.0 Å². The number of likely N-dealkylation sites (N-methyl/N-ethyl adjacent to an activating group) is 1. The highest BCUT2D eigenvalue weighted by Crippen LogP contribution is 2.31. The minimum Gasteiger partial charge on any atom is -0.355 e. The molecule has 1 saturated heterocycles. The van der Waals surface area contributed by atoms with Crippen molar-refractivity contribution >= 4 is 17.7 Å². The van der Waals surface area contributed by atoms with Gasteiger partial charge in [-0.2, -0.15) is 16.9 Å². The standard InChI is InChI=1S/C15H27N7S/c1-16-14(17-9-15(21(2)3)6-7-23-10-15)20-12-4-5-13-18-11-19-22(13)8-12/h11-12H,4-10H2,1-3H3,(H2,16,17,20). The predicted octanol–water partition coefficient (Wildman–Crippen LogP) is 0.195. The van der Waals surface area contributed by atoms with E-state index in [-0.39, 0.29) is 5.54 Å². The monoisotopic (exact) mass is 337 g/mol. The van der Waals surface area contributed by atoms with Gasteiger partial charge in [-0.25, -0.2) is 9.67 Å². The molecule has 23 heavy (non-hydrogen) atoms. The van der Waals surface area contributed by atoms with Crippen LogP contribution in [0.1, 0.15) is 18.7 Å². The number of nitrogens with zero attached hydrogens (tertiary/aromatic N) is 5. The first kappa shape index (κ1) is 16.6. The Morgan fingerprint density at radius 1 is 1.57 bits per heavy atom. The van der Waals surface area contributed by atoms with E-state index in [9.17, 15) is 0 Å². The average Bonchev–Trinajstić information content (AvgIpc) is 3.20. The number of guanidine groups is 1. The van der Waals surface area contributed by atoms with Crippen LogP contribution in [0.5, 0.6) is 0 Å². The highest BCUT2D eigenvalue weighted by atomic mass is 32.2. The molecule has 7 nitrogen and oxygen atoms in total. The van der Waals surface area contributed by atoms with Gasteiger partial charge in [-0.1, -0.05) is 0 Å². The van der Waals surface area contributed by atoms with Crippen LogP contribution in [0.15, 0.2) is 11.3 Å². The van der Waals surface area contributed by atoms with Crippen molar-refractivity contribution in [2.45, 2.75) is 37.4 Å². The smallest absolute Gasteiger partial charge is 0.191 e. The van der Waals surface area contributed by atoms with E-state index in [2.05, 4.69) is 44.7 Å². The Labute approximate surface area is 142 Å².